The van der Waals surface area contributed by atoms with Crippen LogP contribution < -0.4 is 4.74 Å². The molecule has 4 heteroatoms. The minimum atomic E-state index is -0.821. The number of benzene rings is 1. The Balaban J connectivity index is 3.22. The van der Waals surface area contributed by atoms with Crippen LogP contribution in [0.4, 0.5) is 0 Å². The van der Waals surface area contributed by atoms with Crippen LogP contribution in [-0.2, 0) is 4.79 Å². The fourth-order valence-corrected chi connectivity index (χ4v) is 2.22. The minimum absolute atomic E-state index is 0.512. The number of thioether (sulfide) groups is 1. The lowest BCUT2D eigenvalue weighted by atomic mass is 10.0. The molecule has 15 heavy (non-hydrogen) atoms. The van der Waals surface area contributed by atoms with Crippen LogP contribution in [0.2, 0.25) is 0 Å². The highest BCUT2D eigenvalue weighted by atomic mass is 32.2. The van der Waals surface area contributed by atoms with E-state index in [9.17, 15) is 4.79 Å². The van der Waals surface area contributed by atoms with Gasteiger partial charge in [0.05, 0.1) is 17.9 Å². The van der Waals surface area contributed by atoms with Gasteiger partial charge in [0.2, 0.25) is 0 Å². The average Bonchev–Trinajstić information content (AvgIpc) is 2.26. The Hall–Kier alpha value is -1.16. The van der Waals surface area contributed by atoms with Crippen molar-refractivity contribution in [2.45, 2.75) is 17.7 Å². The highest BCUT2D eigenvalue weighted by Crippen LogP contribution is 2.35. The maximum absolute atomic E-state index is 10.9. The number of carboxylic acids is 1. The van der Waals surface area contributed by atoms with Gasteiger partial charge in [0.1, 0.15) is 5.75 Å². The van der Waals surface area contributed by atoms with E-state index in [-0.39, 0.29) is 0 Å². The molecule has 1 aromatic carbocycles. The summed E-state index contributed by atoms with van der Waals surface area (Å²) in [4.78, 5) is 11.8. The molecule has 0 aromatic heterocycles. The van der Waals surface area contributed by atoms with Crippen molar-refractivity contribution in [2.75, 3.05) is 13.4 Å². The van der Waals surface area contributed by atoms with Gasteiger partial charge in [-0.1, -0.05) is 12.1 Å². The number of carboxylic acid groups (broad SMARTS) is 1. The largest absolute Gasteiger partial charge is 0.496 e. The summed E-state index contributed by atoms with van der Waals surface area (Å²) in [6, 6.07) is 5.48. The van der Waals surface area contributed by atoms with Crippen molar-refractivity contribution in [1.82, 2.24) is 0 Å². The second-order valence-corrected chi connectivity index (χ2v) is 3.96. The zero-order valence-electron chi connectivity index (χ0n) is 8.98. The van der Waals surface area contributed by atoms with E-state index >= 15 is 0 Å². The highest BCUT2D eigenvalue weighted by molar-refractivity contribution is 7.98. The van der Waals surface area contributed by atoms with Crippen LogP contribution in [0.3, 0.4) is 0 Å². The zero-order valence-corrected chi connectivity index (χ0v) is 9.80. The van der Waals surface area contributed by atoms with Crippen LogP contribution in [-0.4, -0.2) is 24.4 Å². The lowest BCUT2D eigenvalue weighted by Crippen LogP contribution is -2.08. The molecular weight excluding hydrogens is 212 g/mol. The topological polar surface area (TPSA) is 46.5 Å². The number of ether oxygens (including phenoxy) is 1. The lowest BCUT2D eigenvalue weighted by molar-refractivity contribution is -0.138. The first-order valence-electron chi connectivity index (χ1n) is 4.55. The highest BCUT2D eigenvalue weighted by Gasteiger charge is 2.19. The minimum Gasteiger partial charge on any atom is -0.496 e. The molecule has 82 valence electrons. The van der Waals surface area contributed by atoms with Crippen LogP contribution in [0.1, 0.15) is 18.4 Å². The van der Waals surface area contributed by atoms with E-state index in [1.54, 1.807) is 14.0 Å². The molecule has 0 bridgehead atoms. The first-order chi connectivity index (χ1) is 7.11. The molecule has 0 amide bonds. The first kappa shape index (κ1) is 11.9. The standard InChI is InChI=1S/C11H14O3S/c1-7(11(12)13)8-5-4-6-9(14-2)10(8)15-3/h4-7H,1-3H3,(H,12,13). The van der Waals surface area contributed by atoms with Crippen molar-refractivity contribution in [3.05, 3.63) is 23.8 Å². The van der Waals surface area contributed by atoms with Crippen LogP contribution in [0.5, 0.6) is 5.75 Å². The van der Waals surface area contributed by atoms with Gasteiger partial charge in [-0.3, -0.25) is 4.79 Å². The second-order valence-electron chi connectivity index (χ2n) is 3.14. The molecule has 0 aliphatic rings. The smallest absolute Gasteiger partial charge is 0.310 e. The Kier molecular flexibility index (Phi) is 4.03. The van der Waals surface area contributed by atoms with Crippen molar-refractivity contribution >= 4 is 17.7 Å². The van der Waals surface area contributed by atoms with E-state index in [1.807, 2.05) is 24.5 Å². The zero-order chi connectivity index (χ0) is 11.4. The summed E-state index contributed by atoms with van der Waals surface area (Å²) in [5.74, 6) is -0.603. The number of rotatable bonds is 4. The first-order valence-corrected chi connectivity index (χ1v) is 5.78. The van der Waals surface area contributed by atoms with E-state index in [4.69, 9.17) is 9.84 Å². The molecule has 0 fully saturated rings. The molecule has 0 spiro atoms. The van der Waals surface area contributed by atoms with Crippen molar-refractivity contribution in [3.8, 4) is 5.75 Å². The fraction of sp³-hybridized carbons (Fsp3) is 0.364. The quantitative estimate of drug-likeness (QED) is 0.802. The van der Waals surface area contributed by atoms with Crippen LogP contribution in [0.25, 0.3) is 0 Å². The molecule has 0 aliphatic carbocycles. The molecule has 0 saturated heterocycles. The van der Waals surface area contributed by atoms with Gasteiger partial charge in [-0.15, -0.1) is 11.8 Å². The predicted molar refractivity (Wildman–Crippen MR) is 60.8 cm³/mol. The van der Waals surface area contributed by atoms with Crippen LogP contribution in [0.15, 0.2) is 23.1 Å². The molecule has 3 nitrogen and oxygen atoms in total. The van der Waals surface area contributed by atoms with Gasteiger partial charge in [-0.05, 0) is 24.8 Å². The molecule has 1 aromatic rings. The summed E-state index contributed by atoms with van der Waals surface area (Å²) in [6.07, 6.45) is 1.91. The summed E-state index contributed by atoms with van der Waals surface area (Å²) in [5.41, 5.74) is 0.800. The predicted octanol–water partition coefficient (Wildman–Crippen LogP) is 2.61. The maximum atomic E-state index is 10.9. The molecule has 0 heterocycles. The molecule has 1 unspecified atom stereocenters. The number of hydrogen-bond donors (Lipinski definition) is 1. The van der Waals surface area contributed by atoms with E-state index in [0.29, 0.717) is 0 Å². The molecule has 0 radical (unpaired) electrons. The van der Waals surface area contributed by atoms with Gasteiger partial charge in [-0.2, -0.15) is 0 Å². The van der Waals surface area contributed by atoms with Crippen molar-refractivity contribution in [2.24, 2.45) is 0 Å². The number of aliphatic carboxylic acids is 1. The Bertz CT molecular complexity index is 363. The van der Waals surface area contributed by atoms with Gasteiger partial charge >= 0.3 is 5.97 Å². The number of methoxy groups -OCH3 is 1. The summed E-state index contributed by atoms with van der Waals surface area (Å²) < 4.78 is 5.19. The second kappa shape index (κ2) is 5.07. The maximum Gasteiger partial charge on any atom is 0.310 e. The van der Waals surface area contributed by atoms with Gasteiger partial charge < -0.3 is 9.84 Å². The SMILES string of the molecule is COc1cccc(C(C)C(=O)O)c1SC. The van der Waals surface area contributed by atoms with Gasteiger partial charge in [0, 0.05) is 0 Å². The Morgan fingerprint density at radius 1 is 1.53 bits per heavy atom. The summed E-state index contributed by atoms with van der Waals surface area (Å²) >= 11 is 1.50. The normalized spacial score (nSPS) is 12.2. The van der Waals surface area contributed by atoms with Crippen molar-refractivity contribution in [3.63, 3.8) is 0 Å². The molecule has 1 atom stereocenters. The van der Waals surface area contributed by atoms with Gasteiger partial charge in [-0.25, -0.2) is 0 Å². The summed E-state index contributed by atoms with van der Waals surface area (Å²) in [7, 11) is 1.59. The van der Waals surface area contributed by atoms with E-state index in [1.165, 1.54) is 11.8 Å². The van der Waals surface area contributed by atoms with E-state index < -0.39 is 11.9 Å². The lowest BCUT2D eigenvalue weighted by Gasteiger charge is -2.14. The Morgan fingerprint density at radius 3 is 2.67 bits per heavy atom. The van der Waals surface area contributed by atoms with E-state index in [2.05, 4.69) is 0 Å². The molecule has 1 N–H and O–H groups in total. The third kappa shape index (κ3) is 2.45. The van der Waals surface area contributed by atoms with Gasteiger partial charge in [0.25, 0.3) is 0 Å². The van der Waals surface area contributed by atoms with E-state index in [0.717, 1.165) is 16.2 Å². The van der Waals surface area contributed by atoms with Crippen LogP contribution >= 0.6 is 11.8 Å². The van der Waals surface area contributed by atoms with Crippen molar-refractivity contribution in [1.29, 1.82) is 0 Å². The monoisotopic (exact) mass is 226 g/mol. The summed E-state index contributed by atoms with van der Waals surface area (Å²) in [5, 5.41) is 8.97. The molecule has 0 saturated carbocycles. The fourth-order valence-electron chi connectivity index (χ4n) is 1.39. The van der Waals surface area contributed by atoms with Gasteiger partial charge in [0.15, 0.2) is 0 Å². The summed E-state index contributed by atoms with van der Waals surface area (Å²) in [6.45, 7) is 1.68. The Labute approximate surface area is 93.4 Å². The van der Waals surface area contributed by atoms with Crippen LogP contribution in [0, 0.1) is 0 Å². The third-order valence-electron chi connectivity index (χ3n) is 2.27. The average molecular weight is 226 g/mol. The number of carbonyl (C=O) groups is 1. The molecule has 0 aliphatic heterocycles. The molecular formula is C11H14O3S. The molecule has 1 rings (SSSR count). The van der Waals surface area contributed by atoms with Crippen molar-refractivity contribution < 1.29 is 14.6 Å². The third-order valence-corrected chi connectivity index (χ3v) is 3.12. The Morgan fingerprint density at radius 2 is 2.20 bits per heavy atom. The number of hydrogen-bond acceptors (Lipinski definition) is 3.